The minimum Gasteiger partial charge on any atom is -0.355 e. The third-order valence-corrected chi connectivity index (χ3v) is 5.70. The van der Waals surface area contributed by atoms with Gasteiger partial charge >= 0.3 is 0 Å². The van der Waals surface area contributed by atoms with E-state index in [-0.39, 0.29) is 0 Å². The standard InChI is InChI=1S/C22H23ClN4/c1-13(2)21-16-10-15(14-6-8-25-9-7-14)4-5-18(16)27-22(21)17-11-20(23)26-12-19(17)24-3/h4-5,10-14,25,27H,6-9H2,1-2H3. The molecule has 1 aliphatic heterocycles. The van der Waals surface area contributed by atoms with Crippen molar-refractivity contribution in [3.8, 4) is 11.3 Å². The summed E-state index contributed by atoms with van der Waals surface area (Å²) in [6, 6.07) is 8.57. The van der Waals surface area contributed by atoms with E-state index in [2.05, 4.69) is 52.2 Å². The summed E-state index contributed by atoms with van der Waals surface area (Å²) >= 11 is 6.15. The molecule has 5 heteroatoms. The lowest BCUT2D eigenvalue weighted by atomic mass is 9.88. The number of hydrogen-bond acceptors (Lipinski definition) is 2. The maximum atomic E-state index is 7.51. The summed E-state index contributed by atoms with van der Waals surface area (Å²) < 4.78 is 0. The summed E-state index contributed by atoms with van der Waals surface area (Å²) in [5, 5.41) is 5.10. The Morgan fingerprint density at radius 2 is 2.00 bits per heavy atom. The Morgan fingerprint density at radius 1 is 1.22 bits per heavy atom. The van der Waals surface area contributed by atoms with Crippen molar-refractivity contribution >= 4 is 28.2 Å². The first-order chi connectivity index (χ1) is 13.1. The van der Waals surface area contributed by atoms with Crippen LogP contribution in [0.25, 0.3) is 27.0 Å². The lowest BCUT2D eigenvalue weighted by molar-refractivity contribution is 0.460. The molecule has 2 aromatic heterocycles. The number of fused-ring (bicyclic) bond motifs is 1. The van der Waals surface area contributed by atoms with E-state index in [4.69, 9.17) is 18.2 Å². The number of aromatic amines is 1. The van der Waals surface area contributed by atoms with Crippen molar-refractivity contribution < 1.29 is 0 Å². The molecule has 3 heterocycles. The average molecular weight is 379 g/mol. The summed E-state index contributed by atoms with van der Waals surface area (Å²) in [4.78, 5) is 11.3. The smallest absolute Gasteiger partial charge is 0.214 e. The van der Waals surface area contributed by atoms with E-state index in [1.807, 2.05) is 0 Å². The van der Waals surface area contributed by atoms with Crippen molar-refractivity contribution in [2.75, 3.05) is 13.1 Å². The topological polar surface area (TPSA) is 45.1 Å². The van der Waals surface area contributed by atoms with Crippen molar-refractivity contribution in [3.05, 3.63) is 58.2 Å². The molecule has 0 amide bonds. The first-order valence-electron chi connectivity index (χ1n) is 9.48. The second-order valence-electron chi connectivity index (χ2n) is 7.53. The molecule has 1 saturated heterocycles. The van der Waals surface area contributed by atoms with Crippen LogP contribution in [0.3, 0.4) is 0 Å². The molecule has 4 rings (SSSR count). The summed E-state index contributed by atoms with van der Waals surface area (Å²) in [7, 11) is 0. The van der Waals surface area contributed by atoms with Crippen LogP contribution < -0.4 is 5.32 Å². The lowest BCUT2D eigenvalue weighted by Gasteiger charge is -2.23. The molecule has 0 aliphatic carbocycles. The molecule has 1 aliphatic rings. The molecule has 0 unspecified atom stereocenters. The van der Waals surface area contributed by atoms with Gasteiger partial charge in [-0.1, -0.05) is 31.5 Å². The zero-order valence-corrected chi connectivity index (χ0v) is 16.4. The molecule has 4 nitrogen and oxygen atoms in total. The fourth-order valence-corrected chi connectivity index (χ4v) is 4.32. The van der Waals surface area contributed by atoms with Crippen molar-refractivity contribution in [3.63, 3.8) is 0 Å². The van der Waals surface area contributed by atoms with Crippen LogP contribution in [0.4, 0.5) is 5.69 Å². The number of pyridine rings is 1. The molecule has 1 aromatic carbocycles. The molecular weight excluding hydrogens is 356 g/mol. The Labute approximate surface area is 164 Å². The van der Waals surface area contributed by atoms with Gasteiger partial charge in [0.15, 0.2) is 0 Å². The van der Waals surface area contributed by atoms with E-state index in [0.29, 0.717) is 22.7 Å². The lowest BCUT2D eigenvalue weighted by Crippen LogP contribution is -2.26. The van der Waals surface area contributed by atoms with Crippen molar-refractivity contribution in [2.45, 2.75) is 38.5 Å². The number of nitrogens with one attached hydrogen (secondary N) is 2. The first-order valence-corrected chi connectivity index (χ1v) is 9.86. The van der Waals surface area contributed by atoms with E-state index < -0.39 is 0 Å². The monoisotopic (exact) mass is 378 g/mol. The number of benzene rings is 1. The molecule has 3 aromatic rings. The molecule has 0 saturated carbocycles. The highest BCUT2D eigenvalue weighted by Gasteiger charge is 2.21. The quantitative estimate of drug-likeness (QED) is 0.432. The number of aromatic nitrogens is 2. The Morgan fingerprint density at radius 3 is 2.70 bits per heavy atom. The van der Waals surface area contributed by atoms with Gasteiger partial charge in [0.2, 0.25) is 5.69 Å². The molecule has 1 fully saturated rings. The van der Waals surface area contributed by atoms with E-state index in [9.17, 15) is 0 Å². The van der Waals surface area contributed by atoms with Crippen molar-refractivity contribution in [1.82, 2.24) is 15.3 Å². The highest BCUT2D eigenvalue weighted by molar-refractivity contribution is 6.29. The Bertz CT molecular complexity index is 1020. The van der Waals surface area contributed by atoms with Gasteiger partial charge in [-0.3, -0.25) is 4.98 Å². The molecule has 0 bridgehead atoms. The maximum Gasteiger partial charge on any atom is 0.214 e. The molecule has 0 radical (unpaired) electrons. The number of rotatable bonds is 3. The highest BCUT2D eigenvalue weighted by atomic mass is 35.5. The maximum absolute atomic E-state index is 7.51. The van der Waals surface area contributed by atoms with Crippen LogP contribution in [-0.2, 0) is 0 Å². The molecule has 0 spiro atoms. The number of hydrogen-bond donors (Lipinski definition) is 2. The molecule has 138 valence electrons. The number of piperidine rings is 1. The van der Waals surface area contributed by atoms with Gasteiger partial charge in [-0.2, -0.15) is 0 Å². The highest BCUT2D eigenvalue weighted by Crippen LogP contribution is 2.41. The molecule has 27 heavy (non-hydrogen) atoms. The molecular formula is C22H23ClN4. The van der Waals surface area contributed by atoms with E-state index in [1.165, 1.54) is 29.4 Å². The number of nitrogens with zero attached hydrogens (tertiary/aromatic N) is 2. The minimum atomic E-state index is 0.322. The van der Waals surface area contributed by atoms with Crippen molar-refractivity contribution in [1.29, 1.82) is 0 Å². The van der Waals surface area contributed by atoms with Gasteiger partial charge in [-0.15, -0.1) is 0 Å². The van der Waals surface area contributed by atoms with E-state index >= 15 is 0 Å². The van der Waals surface area contributed by atoms with Gasteiger partial charge in [0, 0.05) is 28.4 Å². The van der Waals surface area contributed by atoms with Crippen LogP contribution >= 0.6 is 11.6 Å². The first kappa shape index (κ1) is 18.0. The van der Waals surface area contributed by atoms with Gasteiger partial charge in [0.25, 0.3) is 0 Å². The van der Waals surface area contributed by atoms with Gasteiger partial charge < -0.3 is 10.3 Å². The number of H-pyrrole nitrogens is 1. The Balaban J connectivity index is 1.91. The third-order valence-electron chi connectivity index (χ3n) is 5.49. The van der Waals surface area contributed by atoms with Crippen LogP contribution in [0, 0.1) is 6.57 Å². The fourth-order valence-electron chi connectivity index (χ4n) is 4.16. The van der Waals surface area contributed by atoms with E-state index in [0.717, 1.165) is 29.9 Å². The predicted molar refractivity (Wildman–Crippen MR) is 112 cm³/mol. The van der Waals surface area contributed by atoms with Crippen LogP contribution in [0.15, 0.2) is 30.5 Å². The normalized spacial score (nSPS) is 15.4. The van der Waals surface area contributed by atoms with Gasteiger partial charge in [0.1, 0.15) is 5.15 Å². The SMILES string of the molecule is [C-]#[N+]c1cnc(Cl)cc1-c1[nH]c2ccc(C3CCNCC3)cc2c1C(C)C. The van der Waals surface area contributed by atoms with E-state index in [1.54, 1.807) is 12.3 Å². The second-order valence-corrected chi connectivity index (χ2v) is 7.92. The van der Waals surface area contributed by atoms with Gasteiger partial charge in [-0.05, 0) is 67.1 Å². The van der Waals surface area contributed by atoms with Crippen LogP contribution in [0.5, 0.6) is 0 Å². The molecule has 0 atom stereocenters. The van der Waals surface area contributed by atoms with Gasteiger partial charge in [-0.25, -0.2) is 4.85 Å². The van der Waals surface area contributed by atoms with Crippen molar-refractivity contribution in [2.24, 2.45) is 0 Å². The Kier molecular flexibility index (Phi) is 4.90. The predicted octanol–water partition coefficient (Wildman–Crippen LogP) is 6.02. The third kappa shape index (κ3) is 3.34. The zero-order valence-electron chi connectivity index (χ0n) is 15.6. The summed E-state index contributed by atoms with van der Waals surface area (Å²) in [5.41, 5.74) is 6.09. The minimum absolute atomic E-state index is 0.322. The summed E-state index contributed by atoms with van der Waals surface area (Å²) in [5.74, 6) is 0.936. The largest absolute Gasteiger partial charge is 0.355 e. The number of halogens is 1. The fraction of sp³-hybridized carbons (Fsp3) is 0.364. The Hall–Kier alpha value is -2.35. The van der Waals surface area contributed by atoms with Crippen LogP contribution in [0.2, 0.25) is 5.15 Å². The van der Waals surface area contributed by atoms with Crippen LogP contribution in [0.1, 0.15) is 49.7 Å². The van der Waals surface area contributed by atoms with Crippen LogP contribution in [-0.4, -0.2) is 23.1 Å². The summed E-state index contributed by atoms with van der Waals surface area (Å²) in [6.45, 7) is 14.1. The summed E-state index contributed by atoms with van der Waals surface area (Å²) in [6.07, 6.45) is 3.92. The average Bonchev–Trinajstić information content (AvgIpc) is 3.07. The van der Waals surface area contributed by atoms with Gasteiger partial charge in [0.05, 0.1) is 6.57 Å². The molecule has 2 N–H and O–H groups in total. The second kappa shape index (κ2) is 7.34. The zero-order chi connectivity index (χ0) is 19.0.